The first kappa shape index (κ1) is 14.7. The van der Waals surface area contributed by atoms with Gasteiger partial charge in [0.25, 0.3) is 0 Å². The van der Waals surface area contributed by atoms with Crippen molar-refractivity contribution >= 4 is 15.7 Å². The van der Waals surface area contributed by atoms with Crippen molar-refractivity contribution in [1.82, 2.24) is 4.31 Å². The van der Waals surface area contributed by atoms with Crippen molar-refractivity contribution in [2.75, 3.05) is 12.3 Å². The van der Waals surface area contributed by atoms with E-state index in [-0.39, 0.29) is 23.2 Å². The van der Waals surface area contributed by atoms with Crippen molar-refractivity contribution in [3.05, 3.63) is 36.7 Å². The molecule has 0 saturated carbocycles. The quantitative estimate of drug-likeness (QED) is 0.658. The summed E-state index contributed by atoms with van der Waals surface area (Å²) in [5.74, 6) is -0.670. The molecule has 2 N–H and O–H groups in total. The Balaban J connectivity index is 3.30. The fourth-order valence-corrected chi connectivity index (χ4v) is 3.26. The summed E-state index contributed by atoms with van der Waals surface area (Å²) in [6.45, 7) is 7.16. The highest BCUT2D eigenvalue weighted by Gasteiger charge is 2.26. The van der Waals surface area contributed by atoms with Crippen molar-refractivity contribution in [3.63, 3.8) is 0 Å². The minimum atomic E-state index is -3.77. The lowest BCUT2D eigenvalue weighted by Gasteiger charge is -2.24. The van der Waals surface area contributed by atoms with E-state index in [1.54, 1.807) is 13.8 Å². The van der Waals surface area contributed by atoms with Gasteiger partial charge in [0, 0.05) is 18.3 Å². The number of nitrogens with two attached hydrogens (primary N) is 1. The van der Waals surface area contributed by atoms with Crippen LogP contribution in [0.15, 0.2) is 35.7 Å². The molecule has 100 valence electrons. The highest BCUT2D eigenvalue weighted by Crippen LogP contribution is 2.21. The first-order valence-corrected chi connectivity index (χ1v) is 6.92. The molecule has 0 aliphatic heterocycles. The van der Waals surface area contributed by atoms with E-state index in [1.165, 1.54) is 16.4 Å². The molecule has 4 nitrogen and oxygen atoms in total. The Morgan fingerprint density at radius 1 is 1.44 bits per heavy atom. The van der Waals surface area contributed by atoms with Gasteiger partial charge in [-0.3, -0.25) is 0 Å². The molecule has 0 unspecified atom stereocenters. The predicted octanol–water partition coefficient (Wildman–Crippen LogP) is 1.99. The summed E-state index contributed by atoms with van der Waals surface area (Å²) in [6, 6.07) is 3.03. The Kier molecular flexibility index (Phi) is 4.48. The van der Waals surface area contributed by atoms with Gasteiger partial charge >= 0.3 is 0 Å². The number of rotatable bonds is 5. The minimum Gasteiger partial charge on any atom is -0.399 e. The van der Waals surface area contributed by atoms with Crippen LogP contribution in [0, 0.1) is 5.82 Å². The van der Waals surface area contributed by atoms with Crippen LogP contribution in [0.2, 0.25) is 0 Å². The van der Waals surface area contributed by atoms with Crippen LogP contribution in [0.25, 0.3) is 0 Å². The number of hydrogen-bond donors (Lipinski definition) is 1. The Morgan fingerprint density at radius 3 is 2.50 bits per heavy atom. The van der Waals surface area contributed by atoms with Gasteiger partial charge in [-0.1, -0.05) is 6.08 Å². The molecule has 1 rings (SSSR count). The molecule has 0 aliphatic rings. The molecule has 1 aromatic rings. The van der Waals surface area contributed by atoms with E-state index in [4.69, 9.17) is 5.73 Å². The lowest BCUT2D eigenvalue weighted by atomic mass is 10.3. The van der Waals surface area contributed by atoms with Crippen molar-refractivity contribution in [2.24, 2.45) is 0 Å². The van der Waals surface area contributed by atoms with Crippen molar-refractivity contribution in [2.45, 2.75) is 24.8 Å². The van der Waals surface area contributed by atoms with E-state index in [9.17, 15) is 12.8 Å². The van der Waals surface area contributed by atoms with E-state index in [0.717, 1.165) is 12.1 Å². The highest BCUT2D eigenvalue weighted by atomic mass is 32.2. The average molecular weight is 272 g/mol. The van der Waals surface area contributed by atoms with Gasteiger partial charge in [-0.15, -0.1) is 6.58 Å². The van der Waals surface area contributed by atoms with Crippen LogP contribution >= 0.6 is 0 Å². The monoisotopic (exact) mass is 272 g/mol. The number of nitrogens with zero attached hydrogens (tertiary/aromatic N) is 1. The zero-order valence-electron chi connectivity index (χ0n) is 10.4. The molecular weight excluding hydrogens is 255 g/mol. The van der Waals surface area contributed by atoms with Crippen LogP contribution < -0.4 is 5.73 Å². The molecule has 18 heavy (non-hydrogen) atoms. The van der Waals surface area contributed by atoms with E-state index < -0.39 is 15.8 Å². The number of halogens is 1. The summed E-state index contributed by atoms with van der Waals surface area (Å²) in [7, 11) is -3.77. The maximum absolute atomic E-state index is 13.2. The zero-order chi connectivity index (χ0) is 13.9. The van der Waals surface area contributed by atoms with Crippen LogP contribution in [0.1, 0.15) is 13.8 Å². The van der Waals surface area contributed by atoms with Gasteiger partial charge in [0.1, 0.15) is 5.82 Å². The normalized spacial score (nSPS) is 12.1. The van der Waals surface area contributed by atoms with Crippen molar-refractivity contribution < 1.29 is 12.8 Å². The summed E-state index contributed by atoms with van der Waals surface area (Å²) in [5.41, 5.74) is 5.54. The molecule has 0 heterocycles. The van der Waals surface area contributed by atoms with Gasteiger partial charge in [-0.25, -0.2) is 12.8 Å². The first-order valence-electron chi connectivity index (χ1n) is 5.48. The van der Waals surface area contributed by atoms with Gasteiger partial charge in [-0.2, -0.15) is 4.31 Å². The van der Waals surface area contributed by atoms with Gasteiger partial charge < -0.3 is 5.73 Å². The van der Waals surface area contributed by atoms with Crippen molar-refractivity contribution in [3.8, 4) is 0 Å². The predicted molar refractivity (Wildman–Crippen MR) is 70.0 cm³/mol. The maximum Gasteiger partial charge on any atom is 0.243 e. The molecular formula is C12H17FN2O2S. The first-order chi connectivity index (χ1) is 8.28. The Morgan fingerprint density at radius 2 is 2.06 bits per heavy atom. The van der Waals surface area contributed by atoms with E-state index >= 15 is 0 Å². The summed E-state index contributed by atoms with van der Waals surface area (Å²) in [6.07, 6.45) is 1.49. The SMILES string of the molecule is C=CCN(C(C)C)S(=O)(=O)c1cc(N)cc(F)c1. The third-order valence-corrected chi connectivity index (χ3v) is 4.40. The molecule has 0 radical (unpaired) electrons. The van der Waals surface area contributed by atoms with Gasteiger partial charge in [0.05, 0.1) is 4.90 Å². The van der Waals surface area contributed by atoms with Crippen LogP contribution in [0.3, 0.4) is 0 Å². The largest absolute Gasteiger partial charge is 0.399 e. The fourth-order valence-electron chi connectivity index (χ4n) is 1.58. The number of anilines is 1. The molecule has 0 spiro atoms. The van der Waals surface area contributed by atoms with Crippen LogP contribution in [-0.4, -0.2) is 25.3 Å². The second-order valence-electron chi connectivity index (χ2n) is 4.18. The van der Waals surface area contributed by atoms with Gasteiger partial charge in [-0.05, 0) is 32.0 Å². The van der Waals surface area contributed by atoms with Crippen molar-refractivity contribution in [1.29, 1.82) is 0 Å². The Bertz CT molecular complexity index is 521. The Hall–Kier alpha value is -1.40. The molecule has 1 aromatic carbocycles. The topological polar surface area (TPSA) is 63.4 Å². The highest BCUT2D eigenvalue weighted by molar-refractivity contribution is 7.89. The smallest absolute Gasteiger partial charge is 0.243 e. The lowest BCUT2D eigenvalue weighted by Crippen LogP contribution is -2.37. The van der Waals surface area contributed by atoms with Gasteiger partial charge in [0.2, 0.25) is 10.0 Å². The molecule has 0 aliphatic carbocycles. The summed E-state index contributed by atoms with van der Waals surface area (Å²) < 4.78 is 39.1. The Labute approximate surface area is 107 Å². The second kappa shape index (κ2) is 5.49. The minimum absolute atomic E-state index is 0.0795. The van der Waals surface area contributed by atoms with Crippen LogP contribution in [-0.2, 0) is 10.0 Å². The molecule has 0 saturated heterocycles. The fraction of sp³-hybridized carbons (Fsp3) is 0.333. The zero-order valence-corrected chi connectivity index (χ0v) is 11.2. The summed E-state index contributed by atoms with van der Waals surface area (Å²) in [4.78, 5) is -0.143. The van der Waals surface area contributed by atoms with E-state index in [2.05, 4.69) is 6.58 Å². The number of nitrogen functional groups attached to an aromatic ring is 1. The summed E-state index contributed by atoms with van der Waals surface area (Å²) >= 11 is 0. The van der Waals surface area contributed by atoms with E-state index in [0.29, 0.717) is 0 Å². The standard InChI is InChI=1S/C12H17FN2O2S/c1-4-5-15(9(2)3)18(16,17)12-7-10(13)6-11(14)8-12/h4,6-9H,1,5,14H2,2-3H3. The molecule has 0 aromatic heterocycles. The van der Waals surface area contributed by atoms with Crippen LogP contribution in [0.4, 0.5) is 10.1 Å². The van der Waals surface area contributed by atoms with Gasteiger partial charge in [0.15, 0.2) is 0 Å². The molecule has 0 bridgehead atoms. The lowest BCUT2D eigenvalue weighted by molar-refractivity contribution is 0.382. The average Bonchev–Trinajstić information content (AvgIpc) is 2.23. The molecule has 6 heteroatoms. The molecule has 0 atom stereocenters. The third-order valence-electron chi connectivity index (χ3n) is 2.39. The number of hydrogen-bond acceptors (Lipinski definition) is 3. The summed E-state index contributed by atoms with van der Waals surface area (Å²) in [5, 5.41) is 0. The number of sulfonamides is 1. The molecule has 0 amide bonds. The maximum atomic E-state index is 13.2. The third kappa shape index (κ3) is 3.08. The molecule has 0 fully saturated rings. The van der Waals surface area contributed by atoms with Crippen LogP contribution in [0.5, 0.6) is 0 Å². The van der Waals surface area contributed by atoms with E-state index in [1.807, 2.05) is 0 Å². The second-order valence-corrected chi connectivity index (χ2v) is 6.07. The number of benzene rings is 1.